The first-order chi connectivity index (χ1) is 13.3. The van der Waals surface area contributed by atoms with E-state index in [0.29, 0.717) is 5.69 Å². The van der Waals surface area contributed by atoms with Crippen molar-refractivity contribution in [3.8, 4) is 0 Å². The van der Waals surface area contributed by atoms with Crippen LogP contribution in [-0.2, 0) is 17.9 Å². The van der Waals surface area contributed by atoms with Gasteiger partial charge in [0.2, 0.25) is 5.95 Å². The lowest BCUT2D eigenvalue weighted by Crippen LogP contribution is -2.21. The SMILES string of the molecule is Cc1c(Br)c([N+](=O)[O-])nn1CC(=O)Nc1ncn(Cc2c(F)cccc2Cl)n1. The van der Waals surface area contributed by atoms with E-state index < -0.39 is 16.6 Å². The minimum absolute atomic E-state index is 0.00386. The second-order valence-corrected chi connectivity index (χ2v) is 6.85. The van der Waals surface area contributed by atoms with Crippen molar-refractivity contribution >= 4 is 45.2 Å². The number of carbonyl (C=O) groups excluding carboxylic acids is 1. The van der Waals surface area contributed by atoms with E-state index in [2.05, 4.69) is 36.4 Å². The van der Waals surface area contributed by atoms with E-state index in [0.717, 1.165) is 0 Å². The molecule has 0 saturated heterocycles. The third kappa shape index (κ3) is 4.17. The van der Waals surface area contributed by atoms with Crippen LogP contribution in [0.5, 0.6) is 0 Å². The minimum atomic E-state index is -0.650. The summed E-state index contributed by atoms with van der Waals surface area (Å²) in [6.45, 7) is 1.35. The average Bonchev–Trinajstić information content (AvgIpc) is 3.17. The molecular weight excluding hydrogens is 461 g/mol. The summed E-state index contributed by atoms with van der Waals surface area (Å²) < 4.78 is 16.6. The Morgan fingerprint density at radius 3 is 2.82 bits per heavy atom. The molecule has 28 heavy (non-hydrogen) atoms. The highest BCUT2D eigenvalue weighted by Crippen LogP contribution is 2.26. The van der Waals surface area contributed by atoms with Gasteiger partial charge in [0, 0.05) is 10.6 Å². The molecule has 0 aliphatic rings. The van der Waals surface area contributed by atoms with E-state index in [9.17, 15) is 19.3 Å². The highest BCUT2D eigenvalue weighted by molar-refractivity contribution is 9.10. The van der Waals surface area contributed by atoms with Gasteiger partial charge >= 0.3 is 5.82 Å². The molecule has 0 saturated carbocycles. The van der Waals surface area contributed by atoms with E-state index in [1.54, 1.807) is 13.0 Å². The zero-order chi connectivity index (χ0) is 20.4. The van der Waals surface area contributed by atoms with Gasteiger partial charge in [-0.2, -0.15) is 4.68 Å². The number of hydrogen-bond donors (Lipinski definition) is 1. The van der Waals surface area contributed by atoms with Crippen LogP contribution in [0.1, 0.15) is 11.3 Å². The van der Waals surface area contributed by atoms with Gasteiger partial charge in [0.05, 0.1) is 17.3 Å². The van der Waals surface area contributed by atoms with E-state index in [1.807, 2.05) is 0 Å². The lowest BCUT2D eigenvalue weighted by Gasteiger charge is -2.05. The molecule has 2 heterocycles. The summed E-state index contributed by atoms with van der Waals surface area (Å²) in [6, 6.07) is 4.34. The molecular formula is C15H12BrClFN7O3. The number of anilines is 1. The number of benzene rings is 1. The van der Waals surface area contributed by atoms with Crippen LogP contribution in [0.2, 0.25) is 5.02 Å². The van der Waals surface area contributed by atoms with Crippen LogP contribution < -0.4 is 5.32 Å². The van der Waals surface area contributed by atoms with Crippen molar-refractivity contribution in [3.63, 3.8) is 0 Å². The Kier molecular flexibility index (Phi) is 5.70. The molecule has 0 aliphatic heterocycles. The highest BCUT2D eigenvalue weighted by Gasteiger charge is 2.24. The zero-order valence-corrected chi connectivity index (χ0v) is 16.6. The summed E-state index contributed by atoms with van der Waals surface area (Å²) >= 11 is 9.06. The van der Waals surface area contributed by atoms with Crippen LogP contribution in [0, 0.1) is 22.9 Å². The van der Waals surface area contributed by atoms with Crippen LogP contribution in [-0.4, -0.2) is 35.4 Å². The van der Waals surface area contributed by atoms with Crippen LogP contribution >= 0.6 is 27.5 Å². The first-order valence-corrected chi connectivity index (χ1v) is 8.93. The standard InChI is InChI=1S/C15H12BrClFN7O3/c1-8-13(16)14(25(27)28)21-24(8)6-12(26)20-15-19-7-23(22-15)5-9-10(17)3-2-4-11(9)18/h2-4,7H,5-6H2,1H3,(H,20,22,26). The summed E-state index contributed by atoms with van der Waals surface area (Å²) in [5, 5.41) is 21.4. The average molecular weight is 473 g/mol. The molecule has 3 aromatic rings. The van der Waals surface area contributed by atoms with Gasteiger partial charge in [-0.05, 0) is 39.9 Å². The molecule has 0 radical (unpaired) electrons. The molecule has 1 N–H and O–H groups in total. The summed E-state index contributed by atoms with van der Waals surface area (Å²) in [5.41, 5.74) is 0.672. The molecule has 0 aliphatic carbocycles. The molecule has 0 fully saturated rings. The number of hydrogen-bond acceptors (Lipinski definition) is 6. The maximum Gasteiger partial charge on any atom is 0.404 e. The monoisotopic (exact) mass is 471 g/mol. The van der Waals surface area contributed by atoms with Gasteiger partial charge in [-0.15, -0.1) is 5.10 Å². The van der Waals surface area contributed by atoms with Gasteiger partial charge < -0.3 is 10.1 Å². The summed E-state index contributed by atoms with van der Waals surface area (Å²) in [5.74, 6) is -1.39. The third-order valence-corrected chi connectivity index (χ3v) is 5.03. The smallest absolute Gasteiger partial charge is 0.358 e. The zero-order valence-electron chi connectivity index (χ0n) is 14.3. The number of halogens is 3. The van der Waals surface area contributed by atoms with Crippen molar-refractivity contribution in [1.29, 1.82) is 0 Å². The number of nitrogens with zero attached hydrogens (tertiary/aromatic N) is 6. The molecule has 0 spiro atoms. The van der Waals surface area contributed by atoms with Crippen molar-refractivity contribution in [2.24, 2.45) is 0 Å². The van der Waals surface area contributed by atoms with Crippen LogP contribution in [0.4, 0.5) is 16.2 Å². The Morgan fingerprint density at radius 1 is 1.43 bits per heavy atom. The number of rotatable bonds is 6. The van der Waals surface area contributed by atoms with E-state index in [4.69, 9.17) is 11.6 Å². The fourth-order valence-electron chi connectivity index (χ4n) is 2.35. The molecule has 1 aromatic carbocycles. The fraction of sp³-hybridized carbons (Fsp3) is 0.200. The Hall–Kier alpha value is -2.86. The normalized spacial score (nSPS) is 10.9. The lowest BCUT2D eigenvalue weighted by molar-refractivity contribution is -0.390. The Bertz CT molecular complexity index is 1050. The van der Waals surface area contributed by atoms with Crippen LogP contribution in [0.15, 0.2) is 29.0 Å². The molecule has 0 unspecified atom stereocenters. The number of nitrogens with one attached hydrogen (secondary N) is 1. The van der Waals surface area contributed by atoms with Crippen molar-refractivity contribution in [2.75, 3.05) is 5.32 Å². The molecule has 0 bridgehead atoms. The van der Waals surface area contributed by atoms with Crippen molar-refractivity contribution in [1.82, 2.24) is 24.5 Å². The first kappa shape index (κ1) is 19.9. The number of aromatic nitrogens is 5. The summed E-state index contributed by atoms with van der Waals surface area (Å²) in [6.07, 6.45) is 1.32. The molecule has 3 rings (SSSR count). The first-order valence-electron chi connectivity index (χ1n) is 7.75. The maximum absolute atomic E-state index is 13.8. The Balaban J connectivity index is 1.68. The lowest BCUT2D eigenvalue weighted by atomic mass is 10.2. The summed E-state index contributed by atoms with van der Waals surface area (Å²) in [7, 11) is 0. The van der Waals surface area contributed by atoms with Gasteiger partial charge in [0.25, 0.3) is 5.91 Å². The highest BCUT2D eigenvalue weighted by atomic mass is 79.9. The minimum Gasteiger partial charge on any atom is -0.358 e. The molecule has 13 heteroatoms. The van der Waals surface area contributed by atoms with Crippen LogP contribution in [0.3, 0.4) is 0 Å². The van der Waals surface area contributed by atoms with Crippen LogP contribution in [0.25, 0.3) is 0 Å². The third-order valence-electron chi connectivity index (χ3n) is 3.75. The van der Waals surface area contributed by atoms with Gasteiger partial charge in [-0.25, -0.2) is 14.1 Å². The van der Waals surface area contributed by atoms with Gasteiger partial charge in [0.15, 0.2) is 0 Å². The number of carbonyl (C=O) groups is 1. The second-order valence-electron chi connectivity index (χ2n) is 5.65. The van der Waals surface area contributed by atoms with E-state index in [-0.39, 0.29) is 39.9 Å². The number of amides is 1. The predicted molar refractivity (Wildman–Crippen MR) is 100 cm³/mol. The topological polar surface area (TPSA) is 121 Å². The fourth-order valence-corrected chi connectivity index (χ4v) is 3.00. The van der Waals surface area contributed by atoms with Crippen molar-refractivity contribution in [2.45, 2.75) is 20.0 Å². The largest absolute Gasteiger partial charge is 0.404 e. The predicted octanol–water partition coefficient (Wildman–Crippen LogP) is 2.93. The quantitative estimate of drug-likeness (QED) is 0.435. The molecule has 10 nitrogen and oxygen atoms in total. The van der Waals surface area contributed by atoms with Crippen molar-refractivity contribution < 1.29 is 14.1 Å². The Morgan fingerprint density at radius 2 is 2.18 bits per heavy atom. The van der Waals surface area contributed by atoms with Gasteiger partial charge in [0.1, 0.15) is 23.2 Å². The number of nitro groups is 1. The molecule has 0 atom stereocenters. The molecule has 2 aromatic heterocycles. The maximum atomic E-state index is 13.8. The Labute approximate surface area is 170 Å². The van der Waals surface area contributed by atoms with E-state index >= 15 is 0 Å². The van der Waals surface area contributed by atoms with Crippen molar-refractivity contribution in [3.05, 3.63) is 61.2 Å². The molecule has 146 valence electrons. The van der Waals surface area contributed by atoms with Gasteiger partial charge in [-0.1, -0.05) is 17.7 Å². The van der Waals surface area contributed by atoms with E-state index in [1.165, 1.54) is 27.8 Å². The summed E-state index contributed by atoms with van der Waals surface area (Å²) in [4.78, 5) is 26.4. The van der Waals surface area contributed by atoms with Gasteiger partial charge in [-0.3, -0.25) is 10.1 Å². The molecule has 1 amide bonds. The second kappa shape index (κ2) is 8.02.